The van der Waals surface area contributed by atoms with Gasteiger partial charge in [0.25, 0.3) is 5.91 Å². The zero-order chi connectivity index (χ0) is 20.2. The van der Waals surface area contributed by atoms with Gasteiger partial charge in [0.05, 0.1) is 12.2 Å². The summed E-state index contributed by atoms with van der Waals surface area (Å²) in [5, 5.41) is 14.2. The normalized spacial score (nSPS) is 15.6. The first-order valence-electron chi connectivity index (χ1n) is 9.84. The fourth-order valence-corrected chi connectivity index (χ4v) is 3.70. The van der Waals surface area contributed by atoms with Gasteiger partial charge >= 0.3 is 0 Å². The van der Waals surface area contributed by atoms with Crippen LogP contribution < -0.4 is 10.1 Å². The number of nitrogens with zero attached hydrogens (tertiary/aromatic N) is 1. The molecule has 1 aliphatic heterocycles. The van der Waals surface area contributed by atoms with E-state index in [0.29, 0.717) is 30.0 Å². The van der Waals surface area contributed by atoms with Gasteiger partial charge < -0.3 is 20.1 Å². The summed E-state index contributed by atoms with van der Waals surface area (Å²) < 4.78 is 5.55. The van der Waals surface area contributed by atoms with Crippen LogP contribution in [0.15, 0.2) is 72.8 Å². The first-order valence-corrected chi connectivity index (χ1v) is 9.84. The van der Waals surface area contributed by atoms with E-state index in [1.54, 1.807) is 11.0 Å². The van der Waals surface area contributed by atoms with Gasteiger partial charge in [0, 0.05) is 17.8 Å². The molecular formula is C24H24N2O3. The van der Waals surface area contributed by atoms with E-state index in [2.05, 4.69) is 17.4 Å². The van der Waals surface area contributed by atoms with Crippen molar-refractivity contribution < 1.29 is 14.6 Å². The molecule has 0 radical (unpaired) electrons. The number of fused-ring (bicyclic) bond motifs is 1. The smallest absolute Gasteiger partial charge is 0.257 e. The molecule has 2 N–H and O–H groups in total. The molecule has 148 valence electrons. The third kappa shape index (κ3) is 3.76. The van der Waals surface area contributed by atoms with Crippen molar-refractivity contribution in [2.75, 3.05) is 18.5 Å². The molecule has 0 aliphatic carbocycles. The number of phenols is 1. The van der Waals surface area contributed by atoms with Crippen molar-refractivity contribution in [1.29, 1.82) is 0 Å². The Morgan fingerprint density at radius 3 is 2.55 bits per heavy atom. The fourth-order valence-electron chi connectivity index (χ4n) is 3.70. The number of hydrogen-bond acceptors (Lipinski definition) is 4. The van der Waals surface area contributed by atoms with E-state index in [4.69, 9.17) is 4.74 Å². The van der Waals surface area contributed by atoms with Crippen LogP contribution in [0, 0.1) is 0 Å². The van der Waals surface area contributed by atoms with Crippen molar-refractivity contribution in [2.45, 2.75) is 19.5 Å². The summed E-state index contributed by atoms with van der Waals surface area (Å²) in [6.07, 6.45) is 0.236. The minimum Gasteiger partial charge on any atom is -0.504 e. The SMILES string of the molecule is CCOc1cccc([C@@H]2Nc3ccccc3C(=O)N2CCc2ccccc2)c1O. The second-order valence-electron chi connectivity index (χ2n) is 6.95. The molecule has 5 heteroatoms. The maximum atomic E-state index is 13.3. The minimum atomic E-state index is -0.485. The largest absolute Gasteiger partial charge is 0.504 e. The molecule has 0 spiro atoms. The van der Waals surface area contributed by atoms with E-state index >= 15 is 0 Å². The summed E-state index contributed by atoms with van der Waals surface area (Å²) in [6, 6.07) is 22.9. The van der Waals surface area contributed by atoms with Crippen molar-refractivity contribution in [1.82, 2.24) is 4.90 Å². The molecule has 4 rings (SSSR count). The van der Waals surface area contributed by atoms with Crippen LogP contribution in [0.1, 0.15) is 34.6 Å². The highest BCUT2D eigenvalue weighted by atomic mass is 16.5. The van der Waals surface area contributed by atoms with Gasteiger partial charge in [-0.1, -0.05) is 54.6 Å². The van der Waals surface area contributed by atoms with Gasteiger partial charge in [-0.25, -0.2) is 0 Å². The van der Waals surface area contributed by atoms with Crippen molar-refractivity contribution >= 4 is 11.6 Å². The van der Waals surface area contributed by atoms with Gasteiger partial charge in [-0.05, 0) is 37.1 Å². The number of rotatable bonds is 6. The van der Waals surface area contributed by atoms with Gasteiger partial charge in [0.2, 0.25) is 0 Å². The second kappa shape index (κ2) is 8.27. The summed E-state index contributed by atoms with van der Waals surface area (Å²) in [5.74, 6) is 0.423. The number of amides is 1. The maximum Gasteiger partial charge on any atom is 0.257 e. The maximum absolute atomic E-state index is 13.3. The number of benzene rings is 3. The summed E-state index contributed by atoms with van der Waals surface area (Å²) in [6.45, 7) is 2.85. The van der Waals surface area contributed by atoms with E-state index in [9.17, 15) is 9.90 Å². The van der Waals surface area contributed by atoms with Crippen LogP contribution in [-0.4, -0.2) is 29.1 Å². The van der Waals surface area contributed by atoms with Crippen LogP contribution in [-0.2, 0) is 6.42 Å². The van der Waals surface area contributed by atoms with Crippen molar-refractivity contribution in [3.63, 3.8) is 0 Å². The van der Waals surface area contributed by atoms with E-state index in [0.717, 1.165) is 17.7 Å². The molecule has 0 fully saturated rings. The average molecular weight is 388 g/mol. The lowest BCUT2D eigenvalue weighted by molar-refractivity contribution is 0.0683. The van der Waals surface area contributed by atoms with E-state index in [1.165, 1.54) is 0 Å². The molecule has 29 heavy (non-hydrogen) atoms. The molecule has 0 saturated heterocycles. The molecule has 3 aromatic rings. The quantitative estimate of drug-likeness (QED) is 0.648. The summed E-state index contributed by atoms with van der Waals surface area (Å²) in [4.78, 5) is 15.1. The van der Waals surface area contributed by atoms with Crippen LogP contribution >= 0.6 is 0 Å². The number of anilines is 1. The lowest BCUT2D eigenvalue weighted by Gasteiger charge is -2.38. The number of ether oxygens (including phenoxy) is 1. The van der Waals surface area contributed by atoms with Gasteiger partial charge in [0.15, 0.2) is 11.5 Å². The van der Waals surface area contributed by atoms with E-state index in [1.807, 2.05) is 61.5 Å². The summed E-state index contributed by atoms with van der Waals surface area (Å²) in [7, 11) is 0. The molecule has 1 atom stereocenters. The van der Waals surface area contributed by atoms with Crippen LogP contribution in [0.2, 0.25) is 0 Å². The molecule has 0 bridgehead atoms. The molecule has 0 unspecified atom stereocenters. The number of phenolic OH excluding ortho intramolecular Hbond substituents is 1. The predicted octanol–water partition coefficient (Wildman–Crippen LogP) is 4.60. The number of hydrogen-bond donors (Lipinski definition) is 2. The van der Waals surface area contributed by atoms with Crippen LogP contribution in [0.25, 0.3) is 0 Å². The van der Waals surface area contributed by atoms with Crippen LogP contribution in [0.4, 0.5) is 5.69 Å². The lowest BCUT2D eigenvalue weighted by Crippen LogP contribution is -2.44. The van der Waals surface area contributed by atoms with E-state index < -0.39 is 6.17 Å². The molecule has 0 aromatic heterocycles. The Morgan fingerprint density at radius 2 is 1.76 bits per heavy atom. The zero-order valence-corrected chi connectivity index (χ0v) is 16.3. The van der Waals surface area contributed by atoms with Crippen molar-refractivity contribution in [3.05, 3.63) is 89.5 Å². The lowest BCUT2D eigenvalue weighted by atomic mass is 10.0. The van der Waals surface area contributed by atoms with Crippen LogP contribution in [0.5, 0.6) is 11.5 Å². The Morgan fingerprint density at radius 1 is 1.00 bits per heavy atom. The number of nitrogens with one attached hydrogen (secondary N) is 1. The Hall–Kier alpha value is -3.47. The van der Waals surface area contributed by atoms with Gasteiger partial charge in [-0.2, -0.15) is 0 Å². The number of para-hydroxylation sites is 2. The zero-order valence-electron chi connectivity index (χ0n) is 16.3. The average Bonchev–Trinajstić information content (AvgIpc) is 2.75. The second-order valence-corrected chi connectivity index (χ2v) is 6.95. The molecule has 1 aliphatic rings. The van der Waals surface area contributed by atoms with Crippen molar-refractivity contribution in [2.24, 2.45) is 0 Å². The molecule has 1 amide bonds. The van der Waals surface area contributed by atoms with Gasteiger partial charge in [0.1, 0.15) is 6.17 Å². The Balaban J connectivity index is 1.71. The minimum absolute atomic E-state index is 0.0542. The highest BCUT2D eigenvalue weighted by molar-refractivity contribution is 6.01. The van der Waals surface area contributed by atoms with Gasteiger partial charge in [-0.3, -0.25) is 4.79 Å². The molecular weight excluding hydrogens is 364 g/mol. The summed E-state index contributed by atoms with van der Waals surface area (Å²) >= 11 is 0. The number of aromatic hydroxyl groups is 1. The fraction of sp³-hybridized carbons (Fsp3) is 0.208. The third-order valence-electron chi connectivity index (χ3n) is 5.13. The van der Waals surface area contributed by atoms with E-state index in [-0.39, 0.29) is 11.7 Å². The highest BCUT2D eigenvalue weighted by Gasteiger charge is 2.34. The van der Waals surface area contributed by atoms with Gasteiger partial charge in [-0.15, -0.1) is 0 Å². The summed E-state index contributed by atoms with van der Waals surface area (Å²) in [5.41, 5.74) is 3.18. The Labute approximate surface area is 170 Å². The number of carbonyl (C=O) groups excluding carboxylic acids is 1. The third-order valence-corrected chi connectivity index (χ3v) is 5.13. The Kier molecular flexibility index (Phi) is 5.38. The standard InChI is InChI=1S/C24H24N2O3/c1-2-29-21-14-8-12-19(22(21)27)23-25-20-13-7-6-11-18(20)24(28)26(23)16-15-17-9-4-3-5-10-17/h3-14,23,25,27H,2,15-16H2,1H3/t23-/m1/s1. The van der Waals surface area contributed by atoms with Crippen LogP contribution in [0.3, 0.4) is 0 Å². The predicted molar refractivity (Wildman–Crippen MR) is 113 cm³/mol. The molecule has 5 nitrogen and oxygen atoms in total. The highest BCUT2D eigenvalue weighted by Crippen LogP contribution is 2.40. The molecule has 1 heterocycles. The molecule has 0 saturated carbocycles. The first-order chi connectivity index (χ1) is 14.2. The van der Waals surface area contributed by atoms with Crippen molar-refractivity contribution in [3.8, 4) is 11.5 Å². The Bertz CT molecular complexity index is 1000. The molecule has 3 aromatic carbocycles. The number of carbonyl (C=O) groups is 1. The topological polar surface area (TPSA) is 61.8 Å². The monoisotopic (exact) mass is 388 g/mol. The first kappa shape index (κ1) is 18.9.